The first-order chi connectivity index (χ1) is 8.90. The molecule has 9 heteroatoms. The highest BCUT2D eigenvalue weighted by Gasteiger charge is 2.11. The van der Waals surface area contributed by atoms with Crippen LogP contribution in [0.25, 0.3) is 0 Å². The fourth-order valence-electron chi connectivity index (χ4n) is 1.26. The summed E-state index contributed by atoms with van der Waals surface area (Å²) in [4.78, 5) is 36.7. The van der Waals surface area contributed by atoms with Crippen LogP contribution in [0.3, 0.4) is 0 Å². The molecule has 1 aromatic heterocycles. The van der Waals surface area contributed by atoms with E-state index in [4.69, 9.17) is 16.6 Å². The molecule has 1 unspecified atom stereocenters. The van der Waals surface area contributed by atoms with Gasteiger partial charge in [-0.15, -0.1) is 0 Å². The zero-order valence-corrected chi connectivity index (χ0v) is 10.1. The molecule has 0 aromatic carbocycles. The van der Waals surface area contributed by atoms with Gasteiger partial charge in [-0.1, -0.05) is 0 Å². The third-order valence-electron chi connectivity index (χ3n) is 2.30. The van der Waals surface area contributed by atoms with Crippen molar-refractivity contribution in [3.63, 3.8) is 0 Å². The third-order valence-corrected chi connectivity index (χ3v) is 2.30. The van der Waals surface area contributed by atoms with Crippen LogP contribution in [0.15, 0.2) is 17.1 Å². The number of hydrogen-bond donors (Lipinski definition) is 4. The number of nitrogen functional groups attached to an aromatic ring is 1. The second-order valence-corrected chi connectivity index (χ2v) is 3.85. The number of nitrogens with two attached hydrogens (primary N) is 2. The molecule has 1 rings (SSSR count). The third kappa shape index (κ3) is 4.76. The van der Waals surface area contributed by atoms with Crippen molar-refractivity contribution in [2.24, 2.45) is 5.73 Å². The molecule has 0 fully saturated rings. The Morgan fingerprint density at radius 2 is 2.21 bits per heavy atom. The minimum atomic E-state index is -1.13. The number of nitrogens with one attached hydrogen (secondary N) is 1. The number of anilines is 1. The molecule has 0 bridgehead atoms. The predicted molar refractivity (Wildman–Crippen MR) is 66.1 cm³/mol. The number of carbonyl (C=O) groups excluding carboxylic acids is 1. The molecular weight excluding hydrogens is 254 g/mol. The fourth-order valence-corrected chi connectivity index (χ4v) is 1.26. The first-order valence-electron chi connectivity index (χ1n) is 5.48. The van der Waals surface area contributed by atoms with Gasteiger partial charge in [0.2, 0.25) is 5.91 Å². The van der Waals surface area contributed by atoms with Gasteiger partial charge in [-0.05, 0) is 12.5 Å². The molecule has 19 heavy (non-hydrogen) atoms. The first kappa shape index (κ1) is 14.6. The molecule has 1 amide bonds. The highest BCUT2D eigenvalue weighted by molar-refractivity contribution is 5.76. The molecule has 0 radical (unpaired) electrons. The summed E-state index contributed by atoms with van der Waals surface area (Å²) >= 11 is 0. The number of carboxylic acid groups (broad SMARTS) is 1. The maximum absolute atomic E-state index is 11.5. The van der Waals surface area contributed by atoms with Gasteiger partial charge in [0.15, 0.2) is 0 Å². The molecule has 0 saturated heterocycles. The topological polar surface area (TPSA) is 153 Å². The standard InChI is InChI=1S/C10H15N5O4/c11-6(9(17)18)1-3-13-8(16)5-15-4-2-7(12)14-10(15)19/h2,4,6H,1,3,5,11H2,(H,13,16)(H,17,18)(H2,12,14,19). The number of carboxylic acids is 1. The molecule has 1 atom stereocenters. The van der Waals surface area contributed by atoms with Gasteiger partial charge >= 0.3 is 11.7 Å². The van der Waals surface area contributed by atoms with E-state index in [-0.39, 0.29) is 25.3 Å². The van der Waals surface area contributed by atoms with E-state index < -0.39 is 23.6 Å². The van der Waals surface area contributed by atoms with E-state index in [0.717, 1.165) is 4.57 Å². The number of rotatable bonds is 6. The van der Waals surface area contributed by atoms with E-state index in [2.05, 4.69) is 10.3 Å². The molecule has 9 nitrogen and oxygen atoms in total. The van der Waals surface area contributed by atoms with Crippen molar-refractivity contribution in [3.8, 4) is 0 Å². The molecule has 1 heterocycles. The van der Waals surface area contributed by atoms with Gasteiger partial charge in [0.05, 0.1) is 0 Å². The van der Waals surface area contributed by atoms with Gasteiger partial charge in [0.1, 0.15) is 18.4 Å². The highest BCUT2D eigenvalue weighted by atomic mass is 16.4. The quantitative estimate of drug-likeness (QED) is 0.454. The Morgan fingerprint density at radius 3 is 2.79 bits per heavy atom. The maximum atomic E-state index is 11.5. The van der Waals surface area contributed by atoms with Crippen molar-refractivity contribution in [1.29, 1.82) is 0 Å². The van der Waals surface area contributed by atoms with E-state index in [9.17, 15) is 14.4 Å². The highest BCUT2D eigenvalue weighted by Crippen LogP contribution is 1.90. The van der Waals surface area contributed by atoms with Crippen LogP contribution in [-0.2, 0) is 16.1 Å². The summed E-state index contributed by atoms with van der Waals surface area (Å²) in [5.41, 5.74) is 9.94. The van der Waals surface area contributed by atoms with Gasteiger partial charge < -0.3 is 21.9 Å². The Labute approximate surface area is 108 Å². The summed E-state index contributed by atoms with van der Waals surface area (Å²) in [6.45, 7) is -0.0993. The average molecular weight is 269 g/mol. The van der Waals surface area contributed by atoms with Gasteiger partial charge in [0, 0.05) is 12.7 Å². The van der Waals surface area contributed by atoms with E-state index in [1.807, 2.05) is 0 Å². The Bertz CT molecular complexity index is 527. The summed E-state index contributed by atoms with van der Waals surface area (Å²) in [6, 6.07) is 0.371. The Kier molecular flexibility index (Phi) is 5.01. The number of carbonyl (C=O) groups is 2. The normalized spacial score (nSPS) is 11.8. The lowest BCUT2D eigenvalue weighted by atomic mass is 10.2. The fraction of sp³-hybridized carbons (Fsp3) is 0.400. The van der Waals surface area contributed by atoms with Crippen LogP contribution in [0.4, 0.5) is 5.82 Å². The SMILES string of the molecule is Nc1ccn(CC(=O)NCCC(N)C(=O)O)c(=O)n1. The molecule has 6 N–H and O–H groups in total. The van der Waals surface area contributed by atoms with E-state index in [1.165, 1.54) is 12.3 Å². The largest absolute Gasteiger partial charge is 0.480 e. The van der Waals surface area contributed by atoms with Crippen LogP contribution < -0.4 is 22.5 Å². The van der Waals surface area contributed by atoms with Crippen molar-refractivity contribution in [2.45, 2.75) is 19.0 Å². The molecule has 0 aliphatic rings. The smallest absolute Gasteiger partial charge is 0.349 e. The summed E-state index contributed by atoms with van der Waals surface area (Å²) in [5, 5.41) is 11.0. The lowest BCUT2D eigenvalue weighted by Crippen LogP contribution is -2.37. The minimum absolute atomic E-state index is 0.0779. The summed E-state index contributed by atoms with van der Waals surface area (Å²) in [5.74, 6) is -1.49. The van der Waals surface area contributed by atoms with Crippen LogP contribution in [0.2, 0.25) is 0 Å². The first-order valence-corrected chi connectivity index (χ1v) is 5.48. The Balaban J connectivity index is 2.43. The second-order valence-electron chi connectivity index (χ2n) is 3.85. The van der Waals surface area contributed by atoms with Crippen LogP contribution in [0.5, 0.6) is 0 Å². The maximum Gasteiger partial charge on any atom is 0.349 e. The minimum Gasteiger partial charge on any atom is -0.480 e. The monoisotopic (exact) mass is 269 g/mol. The van der Waals surface area contributed by atoms with Crippen LogP contribution in [0, 0.1) is 0 Å². The summed E-state index contributed by atoms with van der Waals surface area (Å²) < 4.78 is 1.09. The van der Waals surface area contributed by atoms with Crippen LogP contribution in [-0.4, -0.2) is 39.1 Å². The number of aliphatic carboxylic acids is 1. The molecule has 0 spiro atoms. The molecule has 0 aliphatic heterocycles. The number of amides is 1. The molecule has 1 aromatic rings. The summed E-state index contributed by atoms with van der Waals surface area (Å²) in [6.07, 6.45) is 1.46. The van der Waals surface area contributed by atoms with Gasteiger partial charge in [-0.25, -0.2) is 4.79 Å². The molecule has 0 saturated carbocycles. The van der Waals surface area contributed by atoms with Crippen molar-refractivity contribution < 1.29 is 14.7 Å². The van der Waals surface area contributed by atoms with E-state index >= 15 is 0 Å². The van der Waals surface area contributed by atoms with E-state index in [0.29, 0.717) is 0 Å². The predicted octanol–water partition coefficient (Wildman–Crippen LogP) is -2.26. The zero-order chi connectivity index (χ0) is 14.4. The molecule has 104 valence electrons. The zero-order valence-electron chi connectivity index (χ0n) is 10.1. The van der Waals surface area contributed by atoms with Crippen molar-refractivity contribution in [3.05, 3.63) is 22.7 Å². The van der Waals surface area contributed by atoms with Crippen LogP contribution >= 0.6 is 0 Å². The van der Waals surface area contributed by atoms with Gasteiger partial charge in [-0.2, -0.15) is 4.98 Å². The van der Waals surface area contributed by atoms with E-state index in [1.54, 1.807) is 0 Å². The van der Waals surface area contributed by atoms with Crippen molar-refractivity contribution >= 4 is 17.7 Å². The Hall–Kier alpha value is -2.42. The second kappa shape index (κ2) is 6.50. The van der Waals surface area contributed by atoms with Crippen LogP contribution in [0.1, 0.15) is 6.42 Å². The number of aromatic nitrogens is 2. The van der Waals surface area contributed by atoms with Gasteiger partial charge in [0.25, 0.3) is 0 Å². The average Bonchev–Trinajstić information content (AvgIpc) is 2.32. The van der Waals surface area contributed by atoms with Crippen molar-refractivity contribution in [2.75, 3.05) is 12.3 Å². The number of hydrogen-bond acceptors (Lipinski definition) is 6. The van der Waals surface area contributed by atoms with Crippen molar-refractivity contribution in [1.82, 2.24) is 14.9 Å². The van der Waals surface area contributed by atoms with Gasteiger partial charge in [-0.3, -0.25) is 14.2 Å². The lowest BCUT2D eigenvalue weighted by molar-refractivity contribution is -0.138. The number of nitrogens with zero attached hydrogens (tertiary/aromatic N) is 2. The lowest BCUT2D eigenvalue weighted by Gasteiger charge is -2.09. The Morgan fingerprint density at radius 1 is 1.53 bits per heavy atom. The summed E-state index contributed by atoms with van der Waals surface area (Å²) in [7, 11) is 0. The molecule has 0 aliphatic carbocycles. The molecular formula is C10H15N5O4.